The summed E-state index contributed by atoms with van der Waals surface area (Å²) in [5.74, 6) is 0. The van der Waals surface area contributed by atoms with Crippen LogP contribution in [0, 0.1) is 0 Å². The van der Waals surface area contributed by atoms with E-state index in [9.17, 15) is 4.79 Å². The average Bonchev–Trinajstić information content (AvgIpc) is 2.69. The number of thiophene rings is 1. The molecule has 19 heavy (non-hydrogen) atoms. The van der Waals surface area contributed by atoms with E-state index in [1.165, 1.54) is 11.3 Å². The minimum absolute atomic E-state index is 0.324. The van der Waals surface area contributed by atoms with E-state index >= 15 is 0 Å². The van der Waals surface area contributed by atoms with E-state index in [-0.39, 0.29) is 6.09 Å². The Hall–Kier alpha value is -1.05. The van der Waals surface area contributed by atoms with Gasteiger partial charge in [0.25, 0.3) is 0 Å². The van der Waals surface area contributed by atoms with Crippen LogP contribution in [0.5, 0.6) is 0 Å². The lowest BCUT2D eigenvalue weighted by atomic mass is 9.88. The molecule has 1 aromatic rings. The van der Waals surface area contributed by atoms with Gasteiger partial charge in [0.15, 0.2) is 0 Å². The summed E-state index contributed by atoms with van der Waals surface area (Å²) in [6.45, 7) is 6.58. The molecule has 7 heteroatoms. The van der Waals surface area contributed by atoms with Crippen LogP contribution in [0.2, 0.25) is 0 Å². The number of fused-ring (bicyclic) bond motifs is 1. The van der Waals surface area contributed by atoms with E-state index in [2.05, 4.69) is 0 Å². The Kier molecular flexibility index (Phi) is 3.89. The Labute approximate surface area is 117 Å². The van der Waals surface area contributed by atoms with Crippen molar-refractivity contribution in [3.63, 3.8) is 0 Å². The molecule has 0 bridgehead atoms. The van der Waals surface area contributed by atoms with Gasteiger partial charge in [0.2, 0.25) is 0 Å². The monoisotopic (exact) mass is 283 g/mol. The summed E-state index contributed by atoms with van der Waals surface area (Å²) in [6, 6.07) is 1.75. The lowest BCUT2D eigenvalue weighted by molar-refractivity contribution is 0.0225. The topological polar surface area (TPSA) is 70.0 Å². The lowest BCUT2D eigenvalue weighted by Crippen LogP contribution is -2.39. The highest BCUT2D eigenvalue weighted by Gasteiger charge is 2.28. The van der Waals surface area contributed by atoms with Crippen LogP contribution in [0.25, 0.3) is 0 Å². The fourth-order valence-electron chi connectivity index (χ4n) is 1.97. The summed E-state index contributed by atoms with van der Waals surface area (Å²) in [5.41, 5.74) is 0.476. The van der Waals surface area contributed by atoms with E-state index in [0.717, 1.165) is 16.9 Å². The lowest BCUT2D eigenvalue weighted by Gasteiger charge is -2.29. The normalized spacial score (nSPS) is 15.1. The third-order valence-corrected chi connectivity index (χ3v) is 4.07. The number of hydrogen-bond donors (Lipinski definition) is 2. The van der Waals surface area contributed by atoms with Crippen molar-refractivity contribution >= 4 is 29.3 Å². The Morgan fingerprint density at radius 1 is 1.47 bits per heavy atom. The highest BCUT2D eigenvalue weighted by molar-refractivity contribution is 7.22. The zero-order valence-electron chi connectivity index (χ0n) is 11.3. The summed E-state index contributed by atoms with van der Waals surface area (Å²) in [5, 5.41) is 18.3. The van der Waals surface area contributed by atoms with Gasteiger partial charge >= 0.3 is 13.2 Å². The molecule has 0 fully saturated rings. The second-order valence-corrected chi connectivity index (χ2v) is 6.79. The van der Waals surface area contributed by atoms with Crippen molar-refractivity contribution in [2.24, 2.45) is 0 Å². The molecule has 2 rings (SSSR count). The minimum atomic E-state index is -1.44. The molecule has 1 amide bonds. The third-order valence-electron chi connectivity index (χ3n) is 2.79. The predicted octanol–water partition coefficient (Wildman–Crippen LogP) is 0.721. The Morgan fingerprint density at radius 2 is 2.16 bits per heavy atom. The van der Waals surface area contributed by atoms with Gasteiger partial charge in [-0.25, -0.2) is 4.79 Å². The van der Waals surface area contributed by atoms with E-state index in [0.29, 0.717) is 17.9 Å². The molecular formula is C12H18BNO4S. The number of amides is 1. The van der Waals surface area contributed by atoms with Gasteiger partial charge in [-0.1, -0.05) is 0 Å². The molecule has 2 heterocycles. The van der Waals surface area contributed by atoms with Crippen LogP contribution in [0.4, 0.5) is 4.79 Å². The van der Waals surface area contributed by atoms with Crippen LogP contribution < -0.4 is 4.78 Å². The first kappa shape index (κ1) is 14.4. The van der Waals surface area contributed by atoms with Gasteiger partial charge in [-0.3, -0.25) is 0 Å². The maximum atomic E-state index is 12.0. The molecule has 5 nitrogen and oxygen atoms in total. The fourth-order valence-corrected chi connectivity index (χ4v) is 3.00. The van der Waals surface area contributed by atoms with Gasteiger partial charge in [-0.05, 0) is 38.8 Å². The van der Waals surface area contributed by atoms with Crippen LogP contribution in [0.3, 0.4) is 0 Å². The largest absolute Gasteiger partial charge is 0.499 e. The van der Waals surface area contributed by atoms with E-state index in [1.807, 2.05) is 20.8 Å². The second-order valence-electron chi connectivity index (χ2n) is 5.62. The number of carbonyl (C=O) groups excluding carboxylic acids is 1. The number of ether oxygens (including phenoxy) is 1. The third kappa shape index (κ3) is 3.49. The van der Waals surface area contributed by atoms with Crippen molar-refractivity contribution in [3.05, 3.63) is 16.5 Å². The van der Waals surface area contributed by atoms with Crippen LogP contribution >= 0.6 is 11.3 Å². The van der Waals surface area contributed by atoms with Crippen molar-refractivity contribution in [2.75, 3.05) is 6.54 Å². The van der Waals surface area contributed by atoms with Crippen LogP contribution in [-0.4, -0.2) is 40.3 Å². The predicted molar refractivity (Wildman–Crippen MR) is 74.5 cm³/mol. The minimum Gasteiger partial charge on any atom is -0.444 e. The van der Waals surface area contributed by atoms with Crippen LogP contribution in [0.15, 0.2) is 6.07 Å². The molecular weight excluding hydrogens is 265 g/mol. The average molecular weight is 283 g/mol. The van der Waals surface area contributed by atoms with Gasteiger partial charge in [0, 0.05) is 16.2 Å². The molecule has 0 unspecified atom stereocenters. The summed E-state index contributed by atoms with van der Waals surface area (Å²) >= 11 is 1.39. The first-order chi connectivity index (χ1) is 8.76. The maximum Gasteiger partial charge on any atom is 0.499 e. The molecule has 1 aliphatic heterocycles. The van der Waals surface area contributed by atoms with E-state index in [1.54, 1.807) is 11.0 Å². The van der Waals surface area contributed by atoms with Gasteiger partial charge in [-0.2, -0.15) is 0 Å². The molecule has 0 saturated heterocycles. The molecule has 0 radical (unpaired) electrons. The molecule has 104 valence electrons. The molecule has 0 aliphatic carbocycles. The standard InChI is InChI=1S/C12H18BNO4S/c1-12(2,3)18-11(15)14-5-4-9-8(7-14)6-10(19-9)13(16)17/h6,16-17H,4-5,7H2,1-3H3. The Balaban J connectivity index is 2.07. The molecule has 0 atom stereocenters. The Bertz CT molecular complexity index is 481. The van der Waals surface area contributed by atoms with E-state index in [4.69, 9.17) is 14.8 Å². The van der Waals surface area contributed by atoms with Gasteiger partial charge in [-0.15, -0.1) is 11.3 Å². The molecule has 1 aliphatic rings. The highest BCUT2D eigenvalue weighted by atomic mass is 32.1. The summed E-state index contributed by atoms with van der Waals surface area (Å²) in [6.07, 6.45) is 0.404. The first-order valence-corrected chi connectivity index (χ1v) is 7.03. The molecule has 1 aromatic heterocycles. The van der Waals surface area contributed by atoms with Gasteiger partial charge < -0.3 is 19.7 Å². The zero-order valence-corrected chi connectivity index (χ0v) is 12.2. The van der Waals surface area contributed by atoms with Crippen molar-refractivity contribution < 1.29 is 19.6 Å². The smallest absolute Gasteiger partial charge is 0.444 e. The van der Waals surface area contributed by atoms with Crippen molar-refractivity contribution in [2.45, 2.75) is 39.3 Å². The number of hydrogen-bond acceptors (Lipinski definition) is 5. The highest BCUT2D eigenvalue weighted by Crippen LogP contribution is 2.24. The SMILES string of the molecule is CC(C)(C)OC(=O)N1CCc2sc(B(O)O)cc2C1. The molecule has 0 aromatic carbocycles. The van der Waals surface area contributed by atoms with Crippen LogP contribution in [-0.2, 0) is 17.7 Å². The zero-order chi connectivity index (χ0) is 14.2. The van der Waals surface area contributed by atoms with Gasteiger partial charge in [0.05, 0.1) is 6.54 Å². The summed E-state index contributed by atoms with van der Waals surface area (Å²) < 4.78 is 5.86. The van der Waals surface area contributed by atoms with E-state index < -0.39 is 12.7 Å². The number of rotatable bonds is 1. The quantitative estimate of drug-likeness (QED) is 0.745. The molecule has 0 saturated carbocycles. The number of nitrogens with zero attached hydrogens (tertiary/aromatic N) is 1. The molecule has 2 N–H and O–H groups in total. The maximum absolute atomic E-state index is 12.0. The summed E-state index contributed by atoms with van der Waals surface area (Å²) in [7, 11) is -1.44. The van der Waals surface area contributed by atoms with Crippen molar-refractivity contribution in [1.29, 1.82) is 0 Å². The number of carbonyl (C=O) groups is 1. The Morgan fingerprint density at radius 3 is 2.74 bits per heavy atom. The van der Waals surface area contributed by atoms with Crippen molar-refractivity contribution in [1.82, 2.24) is 4.90 Å². The van der Waals surface area contributed by atoms with Crippen LogP contribution in [0.1, 0.15) is 31.2 Å². The van der Waals surface area contributed by atoms with Gasteiger partial charge in [0.1, 0.15) is 5.60 Å². The fraction of sp³-hybridized carbons (Fsp3) is 0.583. The molecule has 0 spiro atoms. The first-order valence-electron chi connectivity index (χ1n) is 6.22. The van der Waals surface area contributed by atoms with Crippen molar-refractivity contribution in [3.8, 4) is 0 Å². The summed E-state index contributed by atoms with van der Waals surface area (Å²) in [4.78, 5) is 14.7. The second kappa shape index (κ2) is 5.15.